The Balaban J connectivity index is 1.31. The molecule has 2 amide bonds. The van der Waals surface area contributed by atoms with Crippen LogP contribution in [0.25, 0.3) is 11.2 Å². The summed E-state index contributed by atoms with van der Waals surface area (Å²) in [6, 6.07) is 13.8. The zero-order valence-electron chi connectivity index (χ0n) is 18.8. The average molecular weight is 434 g/mol. The SMILES string of the molecule is C[C@H](CCCc1ccccc1)NC(=O)Nc1ccc2ncc(N3CCN(C)CC3)nc2n1. The molecule has 8 nitrogen and oxygen atoms in total. The van der Waals surface area contributed by atoms with Crippen molar-refractivity contribution in [3.8, 4) is 0 Å². The molecule has 4 rings (SSSR count). The fourth-order valence-electron chi connectivity index (χ4n) is 3.85. The molecule has 0 aliphatic carbocycles. The first-order valence-electron chi connectivity index (χ1n) is 11.3. The van der Waals surface area contributed by atoms with Crippen molar-refractivity contribution < 1.29 is 4.79 Å². The maximum Gasteiger partial charge on any atom is 0.320 e. The molecule has 1 aliphatic rings. The average Bonchev–Trinajstić information content (AvgIpc) is 2.79. The number of nitrogens with one attached hydrogen (secondary N) is 2. The third-order valence-corrected chi connectivity index (χ3v) is 5.79. The van der Waals surface area contributed by atoms with E-state index >= 15 is 0 Å². The molecule has 168 valence electrons. The number of aromatic nitrogens is 3. The quantitative estimate of drug-likeness (QED) is 0.595. The van der Waals surface area contributed by atoms with Gasteiger partial charge in [0.1, 0.15) is 17.2 Å². The molecule has 3 aromatic rings. The summed E-state index contributed by atoms with van der Waals surface area (Å²) in [5.74, 6) is 1.29. The van der Waals surface area contributed by atoms with E-state index in [-0.39, 0.29) is 12.1 Å². The molecule has 0 spiro atoms. The number of urea groups is 1. The van der Waals surface area contributed by atoms with Gasteiger partial charge in [0.05, 0.1) is 6.20 Å². The van der Waals surface area contributed by atoms with Gasteiger partial charge in [0.25, 0.3) is 0 Å². The second-order valence-electron chi connectivity index (χ2n) is 8.44. The number of likely N-dealkylation sites (N-methyl/N-ethyl adjacent to an activating group) is 1. The predicted molar refractivity (Wildman–Crippen MR) is 128 cm³/mol. The Morgan fingerprint density at radius 2 is 1.84 bits per heavy atom. The molecule has 1 fully saturated rings. The number of carbonyl (C=O) groups is 1. The van der Waals surface area contributed by atoms with E-state index in [1.807, 2.05) is 19.1 Å². The van der Waals surface area contributed by atoms with Crippen LogP contribution in [0.5, 0.6) is 0 Å². The van der Waals surface area contributed by atoms with E-state index in [0.717, 1.165) is 51.3 Å². The molecule has 0 unspecified atom stereocenters. The highest BCUT2D eigenvalue weighted by molar-refractivity contribution is 5.89. The van der Waals surface area contributed by atoms with Crippen LogP contribution in [0.4, 0.5) is 16.4 Å². The first-order valence-corrected chi connectivity index (χ1v) is 11.3. The van der Waals surface area contributed by atoms with Gasteiger partial charge in [-0.15, -0.1) is 0 Å². The van der Waals surface area contributed by atoms with E-state index in [9.17, 15) is 4.79 Å². The second-order valence-corrected chi connectivity index (χ2v) is 8.44. The molecular formula is C24H31N7O. The molecule has 8 heteroatoms. The zero-order valence-corrected chi connectivity index (χ0v) is 18.8. The van der Waals surface area contributed by atoms with Crippen LogP contribution in [-0.2, 0) is 6.42 Å². The van der Waals surface area contributed by atoms with Crippen molar-refractivity contribution in [1.82, 2.24) is 25.2 Å². The number of amides is 2. The van der Waals surface area contributed by atoms with Gasteiger partial charge in [0, 0.05) is 32.2 Å². The Bertz CT molecular complexity index is 1030. The highest BCUT2D eigenvalue weighted by Crippen LogP contribution is 2.17. The van der Waals surface area contributed by atoms with Crippen LogP contribution in [0.1, 0.15) is 25.3 Å². The van der Waals surface area contributed by atoms with Crippen LogP contribution in [0, 0.1) is 0 Å². The number of carbonyl (C=O) groups excluding carboxylic acids is 1. The molecule has 1 aromatic carbocycles. The number of fused-ring (bicyclic) bond motifs is 1. The van der Waals surface area contributed by atoms with Crippen molar-refractivity contribution in [3.63, 3.8) is 0 Å². The summed E-state index contributed by atoms with van der Waals surface area (Å²) < 4.78 is 0. The van der Waals surface area contributed by atoms with Crippen molar-refractivity contribution in [3.05, 3.63) is 54.2 Å². The number of benzene rings is 1. The molecule has 0 bridgehead atoms. The zero-order chi connectivity index (χ0) is 22.3. The lowest BCUT2D eigenvalue weighted by Gasteiger charge is -2.32. The number of hydrogen-bond donors (Lipinski definition) is 2. The summed E-state index contributed by atoms with van der Waals surface area (Å²) in [5, 5.41) is 5.82. The molecule has 2 aromatic heterocycles. The minimum absolute atomic E-state index is 0.0720. The Labute approximate surface area is 189 Å². The molecule has 0 radical (unpaired) electrons. The number of nitrogens with zero attached hydrogens (tertiary/aromatic N) is 5. The van der Waals surface area contributed by atoms with E-state index in [0.29, 0.717) is 17.0 Å². The van der Waals surface area contributed by atoms with Gasteiger partial charge >= 0.3 is 6.03 Å². The minimum atomic E-state index is -0.257. The highest BCUT2D eigenvalue weighted by atomic mass is 16.2. The first-order chi connectivity index (χ1) is 15.6. The molecule has 3 heterocycles. The van der Waals surface area contributed by atoms with Gasteiger partial charge in [0.2, 0.25) is 0 Å². The van der Waals surface area contributed by atoms with Crippen molar-refractivity contribution in [2.45, 2.75) is 32.2 Å². The number of piperazine rings is 1. The molecule has 1 atom stereocenters. The van der Waals surface area contributed by atoms with E-state index in [1.165, 1.54) is 5.56 Å². The normalized spacial score (nSPS) is 15.5. The monoisotopic (exact) mass is 433 g/mol. The van der Waals surface area contributed by atoms with Gasteiger partial charge in [-0.25, -0.2) is 19.7 Å². The van der Waals surface area contributed by atoms with Gasteiger partial charge in [-0.05, 0) is 50.9 Å². The van der Waals surface area contributed by atoms with Crippen LogP contribution >= 0.6 is 0 Å². The maximum atomic E-state index is 12.4. The first kappa shape index (κ1) is 22.0. The number of rotatable bonds is 7. The second kappa shape index (κ2) is 10.4. The summed E-state index contributed by atoms with van der Waals surface area (Å²) >= 11 is 0. The van der Waals surface area contributed by atoms with Gasteiger partial charge in [-0.3, -0.25) is 5.32 Å². The lowest BCUT2D eigenvalue weighted by Crippen LogP contribution is -2.44. The Kier molecular flexibility index (Phi) is 7.11. The maximum absolute atomic E-state index is 12.4. The van der Waals surface area contributed by atoms with Crippen molar-refractivity contribution in [2.75, 3.05) is 43.4 Å². The van der Waals surface area contributed by atoms with Crippen LogP contribution in [0.2, 0.25) is 0 Å². The molecule has 1 aliphatic heterocycles. The topological polar surface area (TPSA) is 86.3 Å². The molecule has 0 saturated carbocycles. The Morgan fingerprint density at radius 1 is 1.06 bits per heavy atom. The van der Waals surface area contributed by atoms with Crippen LogP contribution in [-0.4, -0.2) is 65.2 Å². The Hall–Kier alpha value is -3.26. The summed E-state index contributed by atoms with van der Waals surface area (Å²) in [4.78, 5) is 30.6. The third kappa shape index (κ3) is 5.91. The fourth-order valence-corrected chi connectivity index (χ4v) is 3.85. The fraction of sp³-hybridized carbons (Fsp3) is 0.417. The lowest BCUT2D eigenvalue weighted by atomic mass is 10.1. The smallest absolute Gasteiger partial charge is 0.320 e. The molecule has 32 heavy (non-hydrogen) atoms. The van der Waals surface area contributed by atoms with E-state index in [1.54, 1.807) is 12.3 Å². The van der Waals surface area contributed by atoms with Crippen LogP contribution < -0.4 is 15.5 Å². The van der Waals surface area contributed by atoms with Crippen molar-refractivity contribution in [2.24, 2.45) is 0 Å². The number of anilines is 2. The van der Waals surface area contributed by atoms with Crippen LogP contribution in [0.3, 0.4) is 0 Å². The lowest BCUT2D eigenvalue weighted by molar-refractivity contribution is 0.248. The minimum Gasteiger partial charge on any atom is -0.353 e. The number of aryl methyl sites for hydroxylation is 1. The van der Waals surface area contributed by atoms with Crippen LogP contribution in [0.15, 0.2) is 48.7 Å². The van der Waals surface area contributed by atoms with Gasteiger partial charge in [-0.2, -0.15) is 0 Å². The summed E-state index contributed by atoms with van der Waals surface area (Å²) in [6.45, 7) is 5.85. The largest absolute Gasteiger partial charge is 0.353 e. The number of hydrogen-bond acceptors (Lipinski definition) is 6. The molecular weight excluding hydrogens is 402 g/mol. The van der Waals surface area contributed by atoms with E-state index < -0.39 is 0 Å². The standard InChI is InChI=1S/C24H31N7O/c1-18(7-6-10-19-8-4-3-5-9-19)26-24(32)28-21-12-11-20-23(27-21)29-22(17-25-20)31-15-13-30(2)14-16-31/h3-5,8-9,11-12,17-18H,6-7,10,13-16H2,1-2H3,(H2,26,27,28,29,32)/t18-/m1/s1. The van der Waals surface area contributed by atoms with Gasteiger partial charge in [0.15, 0.2) is 5.65 Å². The van der Waals surface area contributed by atoms with E-state index in [2.05, 4.69) is 66.7 Å². The highest BCUT2D eigenvalue weighted by Gasteiger charge is 2.16. The van der Waals surface area contributed by atoms with Crippen molar-refractivity contribution in [1.29, 1.82) is 0 Å². The van der Waals surface area contributed by atoms with Gasteiger partial charge in [-0.1, -0.05) is 30.3 Å². The summed E-state index contributed by atoms with van der Waals surface area (Å²) in [7, 11) is 2.12. The predicted octanol–water partition coefficient (Wildman–Crippen LogP) is 3.31. The van der Waals surface area contributed by atoms with Gasteiger partial charge < -0.3 is 15.1 Å². The van der Waals surface area contributed by atoms with Crippen molar-refractivity contribution >= 4 is 28.8 Å². The third-order valence-electron chi connectivity index (χ3n) is 5.79. The molecule has 2 N–H and O–H groups in total. The summed E-state index contributed by atoms with van der Waals surface area (Å²) in [5.41, 5.74) is 2.57. The van der Waals surface area contributed by atoms with E-state index in [4.69, 9.17) is 0 Å². The Morgan fingerprint density at radius 3 is 2.62 bits per heavy atom. The number of pyridine rings is 1. The summed E-state index contributed by atoms with van der Waals surface area (Å²) in [6.07, 6.45) is 4.74. The molecule has 1 saturated heterocycles.